The van der Waals surface area contributed by atoms with Gasteiger partial charge in [-0.05, 0) is 42.2 Å². The summed E-state index contributed by atoms with van der Waals surface area (Å²) in [6.45, 7) is 1.63. The van der Waals surface area contributed by atoms with Gasteiger partial charge in [0.2, 0.25) is 0 Å². The van der Waals surface area contributed by atoms with Crippen molar-refractivity contribution in [2.24, 2.45) is 0 Å². The van der Waals surface area contributed by atoms with Crippen molar-refractivity contribution in [2.75, 3.05) is 13.2 Å². The van der Waals surface area contributed by atoms with E-state index in [0.29, 0.717) is 0 Å². The molecule has 1 aliphatic heterocycles. The molecule has 3 aromatic carbocycles. The van der Waals surface area contributed by atoms with Gasteiger partial charge in [-0.3, -0.25) is 0 Å². The van der Waals surface area contributed by atoms with E-state index in [0.717, 1.165) is 32.5 Å². The smallest absolute Gasteiger partial charge is 0.157 e. The van der Waals surface area contributed by atoms with Gasteiger partial charge >= 0.3 is 0 Å². The molecular formula is C24H25O2P. The predicted octanol–water partition coefficient (Wildman–Crippen LogP) is 4.14. The molecule has 0 saturated carbocycles. The lowest BCUT2D eigenvalue weighted by atomic mass is 10.1. The van der Waals surface area contributed by atoms with Crippen LogP contribution in [0.4, 0.5) is 0 Å². The molecule has 3 aromatic rings. The number of benzene rings is 3. The van der Waals surface area contributed by atoms with Crippen LogP contribution < -0.4 is 15.9 Å². The Hall–Kier alpha value is -1.99. The second-order valence-corrected chi connectivity index (χ2v) is 8.96. The molecule has 4 rings (SSSR count). The lowest BCUT2D eigenvalue weighted by molar-refractivity contribution is -0.180. The molecule has 1 aliphatic rings. The molecule has 0 radical (unpaired) electrons. The van der Waals surface area contributed by atoms with E-state index >= 15 is 0 Å². The van der Waals surface area contributed by atoms with Crippen LogP contribution in [0.15, 0.2) is 84.9 Å². The lowest BCUT2D eigenvalue weighted by Gasteiger charge is -2.23. The maximum Gasteiger partial charge on any atom is 0.157 e. The van der Waals surface area contributed by atoms with Crippen molar-refractivity contribution in [3.05, 3.63) is 90.5 Å². The van der Waals surface area contributed by atoms with Crippen molar-refractivity contribution in [3.8, 4) is 0 Å². The van der Waals surface area contributed by atoms with Crippen molar-refractivity contribution in [1.82, 2.24) is 0 Å². The Kier molecular flexibility index (Phi) is 6.32. The highest BCUT2D eigenvalue weighted by molar-refractivity contribution is 7.79. The standard InChI is InChI=1S/C24H25O2P/c1-3-10-21(11-4-1)27(22-12-5-2-6-13-22)23-14-7-9-20(19-23)15-16-24-25-17-8-18-26-24/h1-7,9-14,19,24H,8,15-18H2. The van der Waals surface area contributed by atoms with Crippen LogP contribution in [0.3, 0.4) is 0 Å². The zero-order valence-corrected chi connectivity index (χ0v) is 16.4. The van der Waals surface area contributed by atoms with E-state index in [2.05, 4.69) is 84.9 Å². The predicted molar refractivity (Wildman–Crippen MR) is 114 cm³/mol. The van der Waals surface area contributed by atoms with Crippen LogP contribution in [-0.2, 0) is 15.9 Å². The minimum atomic E-state index is -0.550. The molecular weight excluding hydrogens is 351 g/mol. The van der Waals surface area contributed by atoms with Gasteiger partial charge in [-0.25, -0.2) is 0 Å². The molecule has 1 fully saturated rings. The first kappa shape index (κ1) is 18.4. The number of ether oxygens (including phenoxy) is 2. The maximum absolute atomic E-state index is 5.70. The van der Waals surface area contributed by atoms with E-state index in [-0.39, 0.29) is 6.29 Å². The molecule has 0 unspecified atom stereocenters. The average Bonchev–Trinajstić information content (AvgIpc) is 2.75. The van der Waals surface area contributed by atoms with Crippen LogP contribution in [-0.4, -0.2) is 19.5 Å². The minimum absolute atomic E-state index is 0.0489. The first-order valence-electron chi connectivity index (χ1n) is 9.62. The third-order valence-electron chi connectivity index (χ3n) is 4.76. The number of rotatable bonds is 6. The quantitative estimate of drug-likeness (QED) is 0.602. The highest BCUT2D eigenvalue weighted by atomic mass is 31.1. The average molecular weight is 376 g/mol. The van der Waals surface area contributed by atoms with E-state index in [1.165, 1.54) is 21.5 Å². The summed E-state index contributed by atoms with van der Waals surface area (Å²) in [7, 11) is -0.550. The fourth-order valence-electron chi connectivity index (χ4n) is 3.44. The fourth-order valence-corrected chi connectivity index (χ4v) is 5.81. The molecule has 0 aliphatic carbocycles. The molecule has 0 amide bonds. The Morgan fingerprint density at radius 1 is 0.704 bits per heavy atom. The third-order valence-corrected chi connectivity index (χ3v) is 7.19. The van der Waals surface area contributed by atoms with Gasteiger partial charge in [-0.2, -0.15) is 0 Å². The highest BCUT2D eigenvalue weighted by Gasteiger charge is 2.17. The summed E-state index contributed by atoms with van der Waals surface area (Å²) in [6, 6.07) is 30.7. The van der Waals surface area contributed by atoms with Gasteiger partial charge in [0.25, 0.3) is 0 Å². The SMILES string of the molecule is c1ccc(P(c2ccccc2)c2cccc(CCC3OCCCO3)c2)cc1. The van der Waals surface area contributed by atoms with Gasteiger partial charge in [0.05, 0.1) is 13.2 Å². The monoisotopic (exact) mass is 376 g/mol. The van der Waals surface area contributed by atoms with Crippen molar-refractivity contribution in [3.63, 3.8) is 0 Å². The largest absolute Gasteiger partial charge is 0.353 e. The van der Waals surface area contributed by atoms with Crippen LogP contribution in [0.2, 0.25) is 0 Å². The summed E-state index contributed by atoms with van der Waals surface area (Å²) < 4.78 is 11.4. The van der Waals surface area contributed by atoms with Crippen LogP contribution in [0.25, 0.3) is 0 Å². The highest BCUT2D eigenvalue weighted by Crippen LogP contribution is 2.32. The van der Waals surface area contributed by atoms with Crippen molar-refractivity contribution >= 4 is 23.8 Å². The second-order valence-electron chi connectivity index (χ2n) is 6.74. The first-order valence-corrected chi connectivity index (χ1v) is 11.0. The molecule has 27 heavy (non-hydrogen) atoms. The number of hydrogen-bond acceptors (Lipinski definition) is 2. The molecule has 0 aromatic heterocycles. The lowest BCUT2D eigenvalue weighted by Crippen LogP contribution is -2.25. The molecule has 0 N–H and O–H groups in total. The molecule has 3 heteroatoms. The molecule has 138 valence electrons. The van der Waals surface area contributed by atoms with Gasteiger partial charge in [0.1, 0.15) is 0 Å². The summed E-state index contributed by atoms with van der Waals surface area (Å²) in [5.41, 5.74) is 1.35. The van der Waals surface area contributed by atoms with Crippen molar-refractivity contribution in [2.45, 2.75) is 25.6 Å². The normalized spacial score (nSPS) is 15.1. The molecule has 2 nitrogen and oxygen atoms in total. The Morgan fingerprint density at radius 2 is 1.30 bits per heavy atom. The summed E-state index contributed by atoms with van der Waals surface area (Å²) in [5, 5.41) is 4.16. The van der Waals surface area contributed by atoms with Crippen LogP contribution in [0, 0.1) is 0 Å². The van der Waals surface area contributed by atoms with E-state index in [9.17, 15) is 0 Å². The van der Waals surface area contributed by atoms with E-state index in [1.807, 2.05) is 0 Å². The van der Waals surface area contributed by atoms with E-state index in [1.54, 1.807) is 0 Å². The van der Waals surface area contributed by atoms with Crippen LogP contribution >= 0.6 is 7.92 Å². The van der Waals surface area contributed by atoms with E-state index in [4.69, 9.17) is 9.47 Å². The number of hydrogen-bond donors (Lipinski definition) is 0. The summed E-state index contributed by atoms with van der Waals surface area (Å²) in [4.78, 5) is 0. The second kappa shape index (κ2) is 9.28. The van der Waals surface area contributed by atoms with Gasteiger partial charge < -0.3 is 9.47 Å². The van der Waals surface area contributed by atoms with Gasteiger partial charge in [-0.15, -0.1) is 0 Å². The van der Waals surface area contributed by atoms with Crippen molar-refractivity contribution < 1.29 is 9.47 Å². The van der Waals surface area contributed by atoms with Crippen LogP contribution in [0.5, 0.6) is 0 Å². The van der Waals surface area contributed by atoms with E-state index < -0.39 is 7.92 Å². The molecule has 0 spiro atoms. The van der Waals surface area contributed by atoms with Crippen LogP contribution in [0.1, 0.15) is 18.4 Å². The molecule has 1 heterocycles. The molecule has 0 atom stereocenters. The van der Waals surface area contributed by atoms with Crippen molar-refractivity contribution in [1.29, 1.82) is 0 Å². The summed E-state index contributed by atoms with van der Waals surface area (Å²) in [6.07, 6.45) is 2.85. The fraction of sp³-hybridized carbons (Fsp3) is 0.250. The minimum Gasteiger partial charge on any atom is -0.353 e. The Morgan fingerprint density at radius 3 is 1.93 bits per heavy atom. The first-order chi connectivity index (χ1) is 13.4. The Balaban J connectivity index is 1.58. The molecule has 1 saturated heterocycles. The number of aryl methyl sites for hydroxylation is 1. The van der Waals surface area contributed by atoms with Gasteiger partial charge in [0, 0.05) is 6.42 Å². The van der Waals surface area contributed by atoms with Gasteiger partial charge in [0.15, 0.2) is 6.29 Å². The summed E-state index contributed by atoms with van der Waals surface area (Å²) in [5.74, 6) is 0. The zero-order chi connectivity index (χ0) is 18.3. The topological polar surface area (TPSA) is 18.5 Å². The molecule has 0 bridgehead atoms. The summed E-state index contributed by atoms with van der Waals surface area (Å²) >= 11 is 0. The van der Waals surface area contributed by atoms with Gasteiger partial charge in [-0.1, -0.05) is 84.9 Å². The maximum atomic E-state index is 5.70. The Bertz CT molecular complexity index is 790. The Labute approximate surface area is 162 Å². The third kappa shape index (κ3) is 4.84. The zero-order valence-electron chi connectivity index (χ0n) is 15.5.